The van der Waals surface area contributed by atoms with Gasteiger partial charge in [-0.05, 0) is 20.8 Å². The number of carbonyl (C=O) groups is 1. The molecule has 2 heterocycles. The van der Waals surface area contributed by atoms with Crippen LogP contribution in [0.5, 0.6) is 5.88 Å². The molecule has 0 bridgehead atoms. The fourth-order valence-electron chi connectivity index (χ4n) is 2.09. The summed E-state index contributed by atoms with van der Waals surface area (Å²) in [5.74, 6) is 0.493. The van der Waals surface area contributed by atoms with Crippen LogP contribution in [0.2, 0.25) is 0 Å². The number of methoxy groups -OCH3 is 1. The first-order chi connectivity index (χ1) is 10.0. The van der Waals surface area contributed by atoms with Gasteiger partial charge in [-0.15, -0.1) is 11.6 Å². The zero-order chi connectivity index (χ0) is 15.6. The van der Waals surface area contributed by atoms with Crippen molar-refractivity contribution in [3.05, 3.63) is 12.2 Å². The molecule has 2 aromatic rings. The van der Waals surface area contributed by atoms with E-state index in [1.54, 1.807) is 25.3 Å². The number of ether oxygens (including phenoxy) is 2. The summed E-state index contributed by atoms with van der Waals surface area (Å²) >= 11 is 6.18. The Kier molecular flexibility index (Phi) is 4.62. The summed E-state index contributed by atoms with van der Waals surface area (Å²) in [6, 6.07) is -0.592. The molecule has 0 saturated heterocycles. The third-order valence-electron chi connectivity index (χ3n) is 3.03. The van der Waals surface area contributed by atoms with Gasteiger partial charge in [0.1, 0.15) is 18.2 Å². The van der Waals surface area contributed by atoms with Gasteiger partial charge in [0.2, 0.25) is 5.88 Å². The van der Waals surface area contributed by atoms with E-state index in [-0.39, 0.29) is 5.97 Å². The minimum absolute atomic E-state index is 0.305. The van der Waals surface area contributed by atoms with E-state index in [1.165, 1.54) is 13.4 Å². The summed E-state index contributed by atoms with van der Waals surface area (Å²) in [5.41, 5.74) is 0.962. The minimum Gasteiger partial charge on any atom is -0.479 e. The smallest absolute Gasteiger partial charge is 0.328 e. The molecule has 2 atom stereocenters. The van der Waals surface area contributed by atoms with E-state index in [4.69, 9.17) is 21.1 Å². The molecular formula is C13H17ClN4O3. The SMILES string of the molecule is CCOC(=O)C(C)n1c(C(C)Cl)nc2c(OC)ncnc21. The van der Waals surface area contributed by atoms with Crippen LogP contribution in [0.1, 0.15) is 38.0 Å². The molecule has 0 saturated carbocycles. The van der Waals surface area contributed by atoms with Crippen LogP contribution in [0.3, 0.4) is 0 Å². The molecular weight excluding hydrogens is 296 g/mol. The Morgan fingerprint density at radius 2 is 2.14 bits per heavy atom. The Morgan fingerprint density at radius 3 is 2.71 bits per heavy atom. The van der Waals surface area contributed by atoms with Crippen molar-refractivity contribution in [2.24, 2.45) is 0 Å². The maximum absolute atomic E-state index is 12.0. The van der Waals surface area contributed by atoms with Crippen molar-refractivity contribution in [1.82, 2.24) is 19.5 Å². The average Bonchev–Trinajstić information content (AvgIpc) is 2.86. The van der Waals surface area contributed by atoms with E-state index in [2.05, 4.69) is 15.0 Å². The quantitative estimate of drug-likeness (QED) is 0.622. The van der Waals surface area contributed by atoms with E-state index < -0.39 is 11.4 Å². The Bertz CT molecular complexity index is 656. The predicted molar refractivity (Wildman–Crippen MR) is 77.5 cm³/mol. The fraction of sp³-hybridized carbons (Fsp3) is 0.538. The number of carbonyl (C=O) groups excluding carboxylic acids is 1. The lowest BCUT2D eigenvalue weighted by Crippen LogP contribution is -2.21. The van der Waals surface area contributed by atoms with Crippen LogP contribution < -0.4 is 4.74 Å². The molecule has 7 nitrogen and oxygen atoms in total. The third-order valence-corrected chi connectivity index (χ3v) is 3.23. The first-order valence-electron chi connectivity index (χ1n) is 6.58. The molecule has 0 aliphatic carbocycles. The summed E-state index contributed by atoms with van der Waals surface area (Å²) < 4.78 is 11.9. The lowest BCUT2D eigenvalue weighted by molar-refractivity contribution is -0.146. The summed E-state index contributed by atoms with van der Waals surface area (Å²) in [7, 11) is 1.50. The first kappa shape index (κ1) is 15.5. The van der Waals surface area contributed by atoms with E-state index in [0.29, 0.717) is 29.5 Å². The predicted octanol–water partition coefficient (Wildman–Crippen LogP) is 2.26. The second kappa shape index (κ2) is 6.26. The number of alkyl halides is 1. The van der Waals surface area contributed by atoms with Crippen LogP contribution in [-0.4, -0.2) is 39.2 Å². The van der Waals surface area contributed by atoms with Crippen LogP contribution in [0.4, 0.5) is 0 Å². The highest BCUT2D eigenvalue weighted by molar-refractivity contribution is 6.20. The molecule has 0 radical (unpaired) electrons. The minimum atomic E-state index is -0.592. The molecule has 2 unspecified atom stereocenters. The molecule has 0 aromatic carbocycles. The molecule has 114 valence electrons. The van der Waals surface area contributed by atoms with Crippen molar-refractivity contribution in [1.29, 1.82) is 0 Å². The second-order valence-corrected chi connectivity index (χ2v) is 5.09. The maximum Gasteiger partial charge on any atom is 0.328 e. The number of hydrogen-bond donors (Lipinski definition) is 0. The van der Waals surface area contributed by atoms with Gasteiger partial charge in [-0.3, -0.25) is 4.57 Å². The number of hydrogen-bond acceptors (Lipinski definition) is 6. The van der Waals surface area contributed by atoms with Crippen LogP contribution in [0.15, 0.2) is 6.33 Å². The van der Waals surface area contributed by atoms with Crippen molar-refractivity contribution in [2.45, 2.75) is 32.2 Å². The van der Waals surface area contributed by atoms with Crippen molar-refractivity contribution in [3.8, 4) is 5.88 Å². The van der Waals surface area contributed by atoms with E-state index >= 15 is 0 Å². The Balaban J connectivity index is 2.64. The van der Waals surface area contributed by atoms with Gasteiger partial charge in [0.25, 0.3) is 0 Å². The Hall–Kier alpha value is -1.89. The van der Waals surface area contributed by atoms with Gasteiger partial charge < -0.3 is 9.47 Å². The monoisotopic (exact) mass is 312 g/mol. The number of esters is 1. The number of halogens is 1. The summed E-state index contributed by atoms with van der Waals surface area (Å²) in [4.78, 5) is 24.7. The van der Waals surface area contributed by atoms with Crippen LogP contribution in [0, 0.1) is 0 Å². The van der Waals surface area contributed by atoms with Gasteiger partial charge in [0.15, 0.2) is 11.2 Å². The van der Waals surface area contributed by atoms with Crippen molar-refractivity contribution in [2.75, 3.05) is 13.7 Å². The average molecular weight is 313 g/mol. The van der Waals surface area contributed by atoms with E-state index in [0.717, 1.165) is 0 Å². The number of aromatic nitrogens is 4. The lowest BCUT2D eigenvalue weighted by Gasteiger charge is -2.16. The van der Waals surface area contributed by atoms with Crippen molar-refractivity contribution in [3.63, 3.8) is 0 Å². The zero-order valence-electron chi connectivity index (χ0n) is 12.3. The lowest BCUT2D eigenvalue weighted by atomic mass is 10.3. The molecule has 0 aliphatic heterocycles. The highest BCUT2D eigenvalue weighted by atomic mass is 35.5. The molecule has 2 rings (SSSR count). The van der Waals surface area contributed by atoms with Crippen molar-refractivity contribution < 1.29 is 14.3 Å². The van der Waals surface area contributed by atoms with Crippen LogP contribution >= 0.6 is 11.6 Å². The molecule has 8 heteroatoms. The second-order valence-electron chi connectivity index (χ2n) is 4.44. The topological polar surface area (TPSA) is 79.1 Å². The van der Waals surface area contributed by atoms with Crippen LogP contribution in [0.25, 0.3) is 11.2 Å². The fourth-order valence-corrected chi connectivity index (χ4v) is 2.24. The highest BCUT2D eigenvalue weighted by Gasteiger charge is 2.26. The first-order valence-corrected chi connectivity index (χ1v) is 7.02. The molecule has 0 aliphatic rings. The molecule has 0 fully saturated rings. The molecule has 21 heavy (non-hydrogen) atoms. The standard InChI is InChI=1S/C13H17ClN4O3/c1-5-21-13(19)8(3)18-10(7(2)14)17-9-11(18)15-6-16-12(9)20-4/h6-8H,5H2,1-4H3. The van der Waals surface area contributed by atoms with Gasteiger partial charge in [0, 0.05) is 0 Å². The highest BCUT2D eigenvalue weighted by Crippen LogP contribution is 2.30. The molecule has 0 amide bonds. The Labute approximate surface area is 127 Å². The largest absolute Gasteiger partial charge is 0.479 e. The van der Waals surface area contributed by atoms with Crippen LogP contribution in [-0.2, 0) is 9.53 Å². The summed E-state index contributed by atoms with van der Waals surface area (Å²) in [5, 5.41) is -0.402. The number of nitrogens with zero attached hydrogens (tertiary/aromatic N) is 4. The Morgan fingerprint density at radius 1 is 1.43 bits per heavy atom. The number of rotatable bonds is 5. The number of fused-ring (bicyclic) bond motifs is 1. The molecule has 0 N–H and O–H groups in total. The zero-order valence-corrected chi connectivity index (χ0v) is 13.1. The van der Waals surface area contributed by atoms with Gasteiger partial charge >= 0.3 is 5.97 Å². The summed E-state index contributed by atoms with van der Waals surface area (Å²) in [6.45, 7) is 5.56. The molecule has 0 spiro atoms. The molecule has 2 aromatic heterocycles. The normalized spacial score (nSPS) is 14.0. The third kappa shape index (κ3) is 2.78. The van der Waals surface area contributed by atoms with E-state index in [9.17, 15) is 4.79 Å². The summed E-state index contributed by atoms with van der Waals surface area (Å²) in [6.07, 6.45) is 1.36. The number of imidazole rings is 1. The van der Waals surface area contributed by atoms with Gasteiger partial charge in [-0.2, -0.15) is 4.98 Å². The maximum atomic E-state index is 12.0. The van der Waals surface area contributed by atoms with Gasteiger partial charge in [0.05, 0.1) is 19.1 Å². The van der Waals surface area contributed by atoms with E-state index in [1.807, 2.05) is 0 Å². The van der Waals surface area contributed by atoms with Gasteiger partial charge in [-0.25, -0.2) is 14.8 Å². The van der Waals surface area contributed by atoms with Crippen molar-refractivity contribution >= 4 is 28.7 Å². The van der Waals surface area contributed by atoms with Gasteiger partial charge in [-0.1, -0.05) is 0 Å².